The molecule has 0 fully saturated rings. The van der Waals surface area contributed by atoms with Crippen molar-refractivity contribution in [2.45, 2.75) is 19.4 Å². The van der Waals surface area contributed by atoms with Gasteiger partial charge in [-0.2, -0.15) is 4.98 Å². The zero-order valence-corrected chi connectivity index (χ0v) is 6.32. The van der Waals surface area contributed by atoms with Crippen molar-refractivity contribution in [2.75, 3.05) is 6.54 Å². The Morgan fingerprint density at radius 1 is 1.73 bits per heavy atom. The lowest BCUT2D eigenvalue weighted by Crippen LogP contribution is -2.04. The molecule has 3 N–H and O–H groups in total. The first-order valence-corrected chi connectivity index (χ1v) is 3.44. The quantitative estimate of drug-likeness (QED) is 0.625. The van der Waals surface area contributed by atoms with E-state index in [-0.39, 0.29) is 5.89 Å². The molecule has 0 aliphatic rings. The summed E-state index contributed by atoms with van der Waals surface area (Å²) in [5, 5.41) is 12.6. The van der Waals surface area contributed by atoms with Crippen LogP contribution in [0.25, 0.3) is 0 Å². The molecule has 0 aromatic carbocycles. The second kappa shape index (κ2) is 3.45. The maximum atomic E-state index is 8.98. The number of nitrogens with two attached hydrogens (primary N) is 1. The predicted octanol–water partition coefficient (Wildman–Crippen LogP) is -0.376. The second-order valence-corrected chi connectivity index (χ2v) is 2.26. The van der Waals surface area contributed by atoms with Crippen molar-refractivity contribution in [3.05, 3.63) is 11.7 Å². The Labute approximate surface area is 64.2 Å². The van der Waals surface area contributed by atoms with Crippen LogP contribution >= 0.6 is 0 Å². The molecule has 1 atom stereocenters. The van der Waals surface area contributed by atoms with Crippen LogP contribution in [0.15, 0.2) is 4.52 Å². The van der Waals surface area contributed by atoms with Gasteiger partial charge in [0.2, 0.25) is 0 Å². The van der Waals surface area contributed by atoms with Crippen LogP contribution in [0.2, 0.25) is 0 Å². The van der Waals surface area contributed by atoms with Crippen molar-refractivity contribution < 1.29 is 9.63 Å². The fourth-order valence-electron chi connectivity index (χ4n) is 0.668. The van der Waals surface area contributed by atoms with Crippen molar-refractivity contribution in [3.8, 4) is 0 Å². The maximum absolute atomic E-state index is 8.98. The number of aliphatic hydroxyl groups is 1. The number of aliphatic hydroxyl groups excluding tert-OH is 1. The van der Waals surface area contributed by atoms with Crippen LogP contribution in [0.4, 0.5) is 0 Å². The van der Waals surface area contributed by atoms with Crippen molar-refractivity contribution in [2.24, 2.45) is 5.73 Å². The highest BCUT2D eigenvalue weighted by Crippen LogP contribution is 2.07. The number of rotatable bonds is 3. The van der Waals surface area contributed by atoms with E-state index < -0.39 is 6.10 Å². The van der Waals surface area contributed by atoms with Gasteiger partial charge in [-0.1, -0.05) is 5.16 Å². The third-order valence-electron chi connectivity index (χ3n) is 1.21. The SMILES string of the molecule is CC(O)c1nc(CCN)no1. The summed E-state index contributed by atoms with van der Waals surface area (Å²) >= 11 is 0. The van der Waals surface area contributed by atoms with Gasteiger partial charge in [-0.05, 0) is 13.5 Å². The molecule has 1 rings (SSSR count). The van der Waals surface area contributed by atoms with E-state index in [9.17, 15) is 0 Å². The Bertz CT molecular complexity index is 221. The zero-order chi connectivity index (χ0) is 8.27. The zero-order valence-electron chi connectivity index (χ0n) is 6.32. The van der Waals surface area contributed by atoms with Crippen LogP contribution in [0.3, 0.4) is 0 Å². The van der Waals surface area contributed by atoms with E-state index in [4.69, 9.17) is 15.4 Å². The summed E-state index contributed by atoms with van der Waals surface area (Å²) in [6.45, 7) is 2.05. The Morgan fingerprint density at radius 3 is 2.91 bits per heavy atom. The molecular formula is C6H11N3O2. The van der Waals surface area contributed by atoms with Gasteiger partial charge in [0, 0.05) is 6.42 Å². The summed E-state index contributed by atoms with van der Waals surface area (Å²) < 4.78 is 4.71. The van der Waals surface area contributed by atoms with Crippen LogP contribution in [-0.2, 0) is 6.42 Å². The van der Waals surface area contributed by atoms with Gasteiger partial charge in [0.15, 0.2) is 5.82 Å². The number of aromatic nitrogens is 2. The Balaban J connectivity index is 2.66. The van der Waals surface area contributed by atoms with Gasteiger partial charge in [-0.15, -0.1) is 0 Å². The number of hydrogen-bond acceptors (Lipinski definition) is 5. The number of hydrogen-bond donors (Lipinski definition) is 2. The van der Waals surface area contributed by atoms with Crippen LogP contribution in [0.5, 0.6) is 0 Å². The van der Waals surface area contributed by atoms with Gasteiger partial charge >= 0.3 is 0 Å². The minimum atomic E-state index is -0.700. The lowest BCUT2D eigenvalue weighted by Gasteiger charge is -1.91. The minimum absolute atomic E-state index is 0.244. The summed E-state index contributed by atoms with van der Waals surface area (Å²) in [6, 6.07) is 0. The molecule has 0 saturated heterocycles. The molecule has 11 heavy (non-hydrogen) atoms. The lowest BCUT2D eigenvalue weighted by molar-refractivity contribution is 0.151. The van der Waals surface area contributed by atoms with Crippen LogP contribution < -0.4 is 5.73 Å². The van der Waals surface area contributed by atoms with E-state index in [1.807, 2.05) is 0 Å². The van der Waals surface area contributed by atoms with Crippen molar-refractivity contribution in [1.82, 2.24) is 10.1 Å². The Morgan fingerprint density at radius 2 is 2.45 bits per heavy atom. The van der Waals surface area contributed by atoms with Crippen LogP contribution in [0, 0.1) is 0 Å². The second-order valence-electron chi connectivity index (χ2n) is 2.26. The largest absolute Gasteiger partial charge is 0.384 e. The normalized spacial score (nSPS) is 13.4. The molecule has 0 amide bonds. The summed E-state index contributed by atoms with van der Waals surface area (Å²) in [4.78, 5) is 3.89. The van der Waals surface area contributed by atoms with E-state index in [1.54, 1.807) is 6.92 Å². The van der Waals surface area contributed by atoms with Gasteiger partial charge in [0.25, 0.3) is 5.89 Å². The smallest absolute Gasteiger partial charge is 0.255 e. The van der Waals surface area contributed by atoms with E-state index in [1.165, 1.54) is 0 Å². The van der Waals surface area contributed by atoms with Gasteiger partial charge < -0.3 is 15.4 Å². The summed E-state index contributed by atoms with van der Waals surface area (Å²) in [6.07, 6.45) is -0.120. The molecule has 1 aromatic rings. The molecule has 0 saturated carbocycles. The fourth-order valence-corrected chi connectivity index (χ4v) is 0.668. The van der Waals surface area contributed by atoms with E-state index in [0.29, 0.717) is 18.8 Å². The van der Waals surface area contributed by atoms with Crippen molar-refractivity contribution >= 4 is 0 Å². The first kappa shape index (κ1) is 8.16. The lowest BCUT2D eigenvalue weighted by atomic mass is 10.4. The van der Waals surface area contributed by atoms with Crippen LogP contribution in [0.1, 0.15) is 24.7 Å². The Hall–Kier alpha value is -0.940. The minimum Gasteiger partial charge on any atom is -0.384 e. The van der Waals surface area contributed by atoms with Gasteiger partial charge in [0.1, 0.15) is 6.10 Å². The molecule has 62 valence electrons. The molecule has 1 heterocycles. The van der Waals surface area contributed by atoms with E-state index in [2.05, 4.69) is 10.1 Å². The third kappa shape index (κ3) is 1.99. The molecule has 1 unspecified atom stereocenters. The summed E-state index contributed by atoms with van der Waals surface area (Å²) in [5.74, 6) is 0.789. The topological polar surface area (TPSA) is 85.2 Å². The molecular weight excluding hydrogens is 146 g/mol. The Kier molecular flexibility index (Phi) is 2.56. The van der Waals surface area contributed by atoms with E-state index >= 15 is 0 Å². The first-order valence-electron chi connectivity index (χ1n) is 3.44. The van der Waals surface area contributed by atoms with Gasteiger partial charge in [-0.25, -0.2) is 0 Å². The third-order valence-corrected chi connectivity index (χ3v) is 1.21. The molecule has 1 aromatic heterocycles. The van der Waals surface area contributed by atoms with Gasteiger partial charge in [0.05, 0.1) is 0 Å². The van der Waals surface area contributed by atoms with Crippen molar-refractivity contribution in [3.63, 3.8) is 0 Å². The molecule has 5 nitrogen and oxygen atoms in total. The molecule has 0 aliphatic carbocycles. The highest BCUT2D eigenvalue weighted by atomic mass is 16.5. The van der Waals surface area contributed by atoms with Gasteiger partial charge in [-0.3, -0.25) is 0 Å². The van der Waals surface area contributed by atoms with Crippen molar-refractivity contribution in [1.29, 1.82) is 0 Å². The predicted molar refractivity (Wildman–Crippen MR) is 37.7 cm³/mol. The molecule has 0 aliphatic heterocycles. The fraction of sp³-hybridized carbons (Fsp3) is 0.667. The number of nitrogens with zero attached hydrogens (tertiary/aromatic N) is 2. The van der Waals surface area contributed by atoms with Crippen LogP contribution in [-0.4, -0.2) is 21.8 Å². The highest BCUT2D eigenvalue weighted by Gasteiger charge is 2.09. The molecule has 0 bridgehead atoms. The van der Waals surface area contributed by atoms with E-state index in [0.717, 1.165) is 0 Å². The average Bonchev–Trinajstić information content (AvgIpc) is 2.37. The molecule has 0 radical (unpaired) electrons. The summed E-state index contributed by atoms with van der Waals surface area (Å²) in [5.41, 5.74) is 5.26. The monoisotopic (exact) mass is 157 g/mol. The summed E-state index contributed by atoms with van der Waals surface area (Å²) in [7, 11) is 0. The molecule has 5 heteroatoms. The molecule has 0 spiro atoms. The average molecular weight is 157 g/mol. The first-order chi connectivity index (χ1) is 5.24. The highest BCUT2D eigenvalue weighted by molar-refractivity contribution is 4.88. The maximum Gasteiger partial charge on any atom is 0.255 e. The standard InChI is InChI=1S/C6H11N3O2/c1-4(10)6-8-5(2-3-7)9-11-6/h4,10H,2-3,7H2,1H3.